The molecule has 0 atom stereocenters. The molecule has 0 heterocycles. The van der Waals surface area contributed by atoms with E-state index in [9.17, 15) is 5.26 Å². The second-order valence-corrected chi connectivity index (χ2v) is 6.19. The largest absolute Gasteiger partial charge is 0.383 e. The minimum Gasteiger partial charge on any atom is -0.383 e. The molecule has 0 unspecified atom stereocenters. The van der Waals surface area contributed by atoms with Crippen molar-refractivity contribution < 1.29 is 0 Å². The zero-order valence-corrected chi connectivity index (χ0v) is 13.2. The lowest BCUT2D eigenvalue weighted by Gasteiger charge is -2.24. The maximum atomic E-state index is 9.30. The van der Waals surface area contributed by atoms with Gasteiger partial charge in [0.25, 0.3) is 0 Å². The highest BCUT2D eigenvalue weighted by Crippen LogP contribution is 2.26. The molecule has 1 saturated carbocycles. The lowest BCUT2D eigenvalue weighted by Crippen LogP contribution is -2.33. The molecule has 0 radical (unpaired) electrons. The maximum absolute atomic E-state index is 9.30. The predicted molar refractivity (Wildman–Crippen MR) is 86.3 cm³/mol. The summed E-state index contributed by atoms with van der Waals surface area (Å²) < 4.78 is 0. The quantitative estimate of drug-likeness (QED) is 0.813. The van der Waals surface area contributed by atoms with Crippen molar-refractivity contribution in [2.75, 3.05) is 31.7 Å². The first-order valence-electron chi connectivity index (χ1n) is 7.27. The Morgan fingerprint density at radius 3 is 2.80 bits per heavy atom. The number of thioether (sulfide) groups is 1. The van der Waals surface area contributed by atoms with Gasteiger partial charge in [-0.1, -0.05) is 18.9 Å². The van der Waals surface area contributed by atoms with E-state index < -0.39 is 0 Å². The third kappa shape index (κ3) is 3.68. The Kier molecular flexibility index (Phi) is 5.75. The van der Waals surface area contributed by atoms with E-state index in [4.69, 9.17) is 0 Å². The number of anilines is 1. The van der Waals surface area contributed by atoms with E-state index in [2.05, 4.69) is 23.3 Å². The lowest BCUT2D eigenvalue weighted by atomic mass is 10.2. The smallest absolute Gasteiger partial charge is 0.102 e. The molecule has 1 aromatic carbocycles. The van der Waals surface area contributed by atoms with Crippen LogP contribution >= 0.6 is 11.8 Å². The molecule has 1 aromatic rings. The second-order valence-electron chi connectivity index (χ2n) is 5.34. The Labute approximate surface area is 126 Å². The van der Waals surface area contributed by atoms with Crippen LogP contribution < -0.4 is 5.32 Å². The number of hydrogen-bond acceptors (Lipinski definition) is 4. The van der Waals surface area contributed by atoms with Crippen LogP contribution in [0.15, 0.2) is 23.1 Å². The molecule has 20 heavy (non-hydrogen) atoms. The third-order valence-corrected chi connectivity index (χ3v) is 4.87. The third-order valence-electron chi connectivity index (χ3n) is 4.09. The normalized spacial score (nSPS) is 15.5. The van der Waals surface area contributed by atoms with Gasteiger partial charge in [-0.25, -0.2) is 0 Å². The molecule has 1 aliphatic rings. The topological polar surface area (TPSA) is 39.1 Å². The van der Waals surface area contributed by atoms with Gasteiger partial charge in [0.2, 0.25) is 0 Å². The second kappa shape index (κ2) is 7.56. The first kappa shape index (κ1) is 15.2. The Balaban J connectivity index is 1.89. The number of nitriles is 1. The summed E-state index contributed by atoms with van der Waals surface area (Å²) in [6, 6.07) is 9.07. The van der Waals surface area contributed by atoms with Crippen molar-refractivity contribution >= 4 is 17.4 Å². The van der Waals surface area contributed by atoms with Crippen LogP contribution in [0.2, 0.25) is 0 Å². The zero-order valence-electron chi connectivity index (χ0n) is 12.4. The van der Waals surface area contributed by atoms with Gasteiger partial charge in [-0.3, -0.25) is 0 Å². The first-order chi connectivity index (χ1) is 9.76. The van der Waals surface area contributed by atoms with Gasteiger partial charge < -0.3 is 10.2 Å². The van der Waals surface area contributed by atoms with E-state index in [0.717, 1.165) is 35.3 Å². The average Bonchev–Trinajstić information content (AvgIpc) is 3.01. The van der Waals surface area contributed by atoms with Crippen molar-refractivity contribution in [1.82, 2.24) is 4.90 Å². The van der Waals surface area contributed by atoms with Crippen LogP contribution in [0.25, 0.3) is 0 Å². The highest BCUT2D eigenvalue weighted by atomic mass is 32.2. The lowest BCUT2D eigenvalue weighted by molar-refractivity contribution is 0.254. The van der Waals surface area contributed by atoms with Crippen LogP contribution in [-0.2, 0) is 0 Å². The molecule has 108 valence electrons. The van der Waals surface area contributed by atoms with E-state index in [1.165, 1.54) is 25.7 Å². The number of nitrogens with zero attached hydrogens (tertiary/aromatic N) is 2. The van der Waals surface area contributed by atoms with Crippen LogP contribution in [0.4, 0.5) is 5.69 Å². The van der Waals surface area contributed by atoms with E-state index in [1.807, 2.05) is 24.5 Å². The molecule has 0 saturated heterocycles. The van der Waals surface area contributed by atoms with E-state index in [1.54, 1.807) is 11.8 Å². The fourth-order valence-electron chi connectivity index (χ4n) is 2.86. The Bertz CT molecular complexity index is 475. The molecule has 1 aliphatic carbocycles. The SMILES string of the molecule is CSc1cccc(NCCN(C)C2CCCC2)c1C#N. The molecule has 2 rings (SSSR count). The van der Waals surface area contributed by atoms with Crippen molar-refractivity contribution in [2.45, 2.75) is 36.6 Å². The minimum absolute atomic E-state index is 0.754. The average molecular weight is 289 g/mol. The van der Waals surface area contributed by atoms with Crippen molar-refractivity contribution in [3.63, 3.8) is 0 Å². The number of nitrogens with one attached hydrogen (secondary N) is 1. The number of hydrogen-bond donors (Lipinski definition) is 1. The Morgan fingerprint density at radius 2 is 2.15 bits per heavy atom. The van der Waals surface area contributed by atoms with Gasteiger partial charge in [0, 0.05) is 24.0 Å². The monoisotopic (exact) mass is 289 g/mol. The van der Waals surface area contributed by atoms with Crippen LogP contribution in [-0.4, -0.2) is 37.3 Å². The van der Waals surface area contributed by atoms with Crippen molar-refractivity contribution in [1.29, 1.82) is 5.26 Å². The van der Waals surface area contributed by atoms with Gasteiger partial charge in [-0.2, -0.15) is 5.26 Å². The molecule has 0 bridgehead atoms. The van der Waals surface area contributed by atoms with Gasteiger partial charge in [0.15, 0.2) is 0 Å². The van der Waals surface area contributed by atoms with Crippen LogP contribution in [0.5, 0.6) is 0 Å². The fraction of sp³-hybridized carbons (Fsp3) is 0.562. The number of benzene rings is 1. The Hall–Kier alpha value is -1.18. The molecule has 4 heteroatoms. The summed E-state index contributed by atoms with van der Waals surface area (Å²) in [5, 5.41) is 12.7. The molecule has 1 N–H and O–H groups in total. The summed E-state index contributed by atoms with van der Waals surface area (Å²) in [5.41, 5.74) is 1.72. The van der Waals surface area contributed by atoms with E-state index >= 15 is 0 Å². The van der Waals surface area contributed by atoms with Crippen LogP contribution in [0.1, 0.15) is 31.2 Å². The van der Waals surface area contributed by atoms with Crippen LogP contribution in [0.3, 0.4) is 0 Å². The molecular weight excluding hydrogens is 266 g/mol. The van der Waals surface area contributed by atoms with Gasteiger partial charge in [0.05, 0.1) is 11.3 Å². The summed E-state index contributed by atoms with van der Waals surface area (Å²) >= 11 is 1.62. The summed E-state index contributed by atoms with van der Waals surface area (Å²) in [4.78, 5) is 3.49. The highest BCUT2D eigenvalue weighted by molar-refractivity contribution is 7.98. The predicted octanol–water partition coefficient (Wildman–Crippen LogP) is 3.57. The molecule has 0 aromatic heterocycles. The standard InChI is InChI=1S/C16H23N3S/c1-19(13-6-3-4-7-13)11-10-18-15-8-5-9-16(20-2)14(15)12-17/h5,8-9,13,18H,3-4,6-7,10-11H2,1-2H3. The zero-order chi connectivity index (χ0) is 14.4. The molecule has 0 amide bonds. The molecular formula is C16H23N3S. The highest BCUT2D eigenvalue weighted by Gasteiger charge is 2.18. The minimum atomic E-state index is 0.754. The summed E-state index contributed by atoms with van der Waals surface area (Å²) in [6.07, 6.45) is 7.42. The van der Waals surface area contributed by atoms with Gasteiger partial charge in [-0.05, 0) is 38.3 Å². The summed E-state index contributed by atoms with van der Waals surface area (Å²) in [5.74, 6) is 0. The Morgan fingerprint density at radius 1 is 1.40 bits per heavy atom. The van der Waals surface area contributed by atoms with Gasteiger partial charge in [0.1, 0.15) is 6.07 Å². The molecule has 1 fully saturated rings. The summed E-state index contributed by atoms with van der Waals surface area (Å²) in [7, 11) is 2.21. The van der Waals surface area contributed by atoms with Crippen LogP contribution in [0, 0.1) is 11.3 Å². The van der Waals surface area contributed by atoms with Gasteiger partial charge >= 0.3 is 0 Å². The number of likely N-dealkylation sites (N-methyl/N-ethyl adjacent to an activating group) is 1. The van der Waals surface area contributed by atoms with E-state index in [0.29, 0.717) is 0 Å². The van der Waals surface area contributed by atoms with Crippen molar-refractivity contribution in [2.24, 2.45) is 0 Å². The van der Waals surface area contributed by atoms with Crippen molar-refractivity contribution in [3.05, 3.63) is 23.8 Å². The maximum Gasteiger partial charge on any atom is 0.102 e. The molecule has 0 spiro atoms. The van der Waals surface area contributed by atoms with Gasteiger partial charge in [-0.15, -0.1) is 11.8 Å². The number of rotatable bonds is 6. The molecule has 0 aliphatic heterocycles. The fourth-order valence-corrected chi connectivity index (χ4v) is 3.43. The summed E-state index contributed by atoms with van der Waals surface area (Å²) in [6.45, 7) is 1.92. The first-order valence-corrected chi connectivity index (χ1v) is 8.50. The molecule has 3 nitrogen and oxygen atoms in total. The van der Waals surface area contributed by atoms with Crippen molar-refractivity contribution in [3.8, 4) is 6.07 Å². The van der Waals surface area contributed by atoms with E-state index in [-0.39, 0.29) is 0 Å².